The minimum absolute atomic E-state index is 0.0679. The molecule has 2 nitrogen and oxygen atoms in total. The minimum atomic E-state index is -0.214. The number of hydrogen-bond acceptors (Lipinski definition) is 3. The molecule has 3 aromatic rings. The van der Waals surface area contributed by atoms with Gasteiger partial charge in [0.25, 0.3) is 0 Å². The van der Waals surface area contributed by atoms with Crippen molar-refractivity contribution >= 4 is 21.4 Å². The molecule has 96 valence electrons. The van der Waals surface area contributed by atoms with Crippen molar-refractivity contribution in [1.29, 1.82) is 0 Å². The molecule has 0 amide bonds. The van der Waals surface area contributed by atoms with Crippen LogP contribution < -0.4 is 11.3 Å². The van der Waals surface area contributed by atoms with Crippen molar-refractivity contribution in [3.8, 4) is 0 Å². The van der Waals surface area contributed by atoms with Gasteiger partial charge in [0.05, 0.1) is 6.04 Å². The number of thiophene rings is 1. The number of benzene rings is 2. The van der Waals surface area contributed by atoms with Gasteiger partial charge in [0.15, 0.2) is 0 Å². The van der Waals surface area contributed by atoms with Gasteiger partial charge >= 0.3 is 0 Å². The van der Waals surface area contributed by atoms with Crippen molar-refractivity contribution < 1.29 is 4.39 Å². The zero-order chi connectivity index (χ0) is 13.2. The van der Waals surface area contributed by atoms with E-state index in [0.717, 1.165) is 20.5 Å². The molecule has 1 atom stereocenters. The molecule has 0 bridgehead atoms. The number of halogens is 1. The molecular weight excluding hydrogens is 259 g/mol. The van der Waals surface area contributed by atoms with Gasteiger partial charge in [0.1, 0.15) is 5.82 Å². The molecule has 0 saturated carbocycles. The summed E-state index contributed by atoms with van der Waals surface area (Å²) >= 11 is 1.62. The van der Waals surface area contributed by atoms with Gasteiger partial charge in [-0.1, -0.05) is 30.3 Å². The molecule has 1 unspecified atom stereocenters. The maximum Gasteiger partial charge on any atom is 0.123 e. The summed E-state index contributed by atoms with van der Waals surface area (Å²) in [5, 5.41) is 0.913. The number of hydrogen-bond donors (Lipinski definition) is 2. The van der Waals surface area contributed by atoms with Gasteiger partial charge in [-0.2, -0.15) is 0 Å². The second-order valence-electron chi connectivity index (χ2n) is 4.34. The summed E-state index contributed by atoms with van der Waals surface area (Å²) < 4.78 is 14.3. The highest BCUT2D eigenvalue weighted by Gasteiger charge is 2.15. The monoisotopic (exact) mass is 272 g/mol. The summed E-state index contributed by atoms with van der Waals surface area (Å²) in [6.07, 6.45) is 0. The van der Waals surface area contributed by atoms with Crippen molar-refractivity contribution in [2.75, 3.05) is 0 Å². The van der Waals surface area contributed by atoms with Crippen molar-refractivity contribution in [1.82, 2.24) is 5.43 Å². The number of hydrazine groups is 1. The highest BCUT2D eigenvalue weighted by molar-refractivity contribution is 7.19. The third-order valence-corrected chi connectivity index (χ3v) is 4.26. The van der Waals surface area contributed by atoms with Crippen LogP contribution in [0.1, 0.15) is 16.5 Å². The lowest BCUT2D eigenvalue weighted by Crippen LogP contribution is -2.28. The summed E-state index contributed by atoms with van der Waals surface area (Å²) in [5.41, 5.74) is 3.92. The number of fused-ring (bicyclic) bond motifs is 1. The predicted molar refractivity (Wildman–Crippen MR) is 77.4 cm³/mol. The molecule has 0 radical (unpaired) electrons. The zero-order valence-corrected chi connectivity index (χ0v) is 11.0. The van der Waals surface area contributed by atoms with Crippen molar-refractivity contribution in [3.05, 3.63) is 70.9 Å². The highest BCUT2D eigenvalue weighted by Crippen LogP contribution is 2.33. The molecule has 0 aliphatic carbocycles. The molecule has 0 aliphatic heterocycles. The first-order valence-electron chi connectivity index (χ1n) is 5.98. The van der Waals surface area contributed by atoms with Gasteiger partial charge in [-0.25, -0.2) is 9.82 Å². The van der Waals surface area contributed by atoms with Gasteiger partial charge < -0.3 is 0 Å². The van der Waals surface area contributed by atoms with Crippen LogP contribution in [0.2, 0.25) is 0 Å². The number of rotatable bonds is 3. The fraction of sp³-hybridized carbons (Fsp3) is 0.0667. The maximum atomic E-state index is 13.2. The maximum absolute atomic E-state index is 13.2. The molecule has 0 spiro atoms. The van der Waals surface area contributed by atoms with Crippen LogP contribution in [0.5, 0.6) is 0 Å². The molecular formula is C15H13FN2S. The van der Waals surface area contributed by atoms with E-state index < -0.39 is 0 Å². The largest absolute Gasteiger partial charge is 0.271 e. The summed E-state index contributed by atoms with van der Waals surface area (Å²) in [7, 11) is 0. The van der Waals surface area contributed by atoms with E-state index in [1.165, 1.54) is 6.07 Å². The van der Waals surface area contributed by atoms with E-state index in [9.17, 15) is 4.39 Å². The summed E-state index contributed by atoms with van der Waals surface area (Å²) in [6.45, 7) is 0. The fourth-order valence-corrected chi connectivity index (χ4v) is 3.30. The first-order chi connectivity index (χ1) is 9.28. The molecule has 2 aromatic carbocycles. The van der Waals surface area contributed by atoms with E-state index in [0.29, 0.717) is 0 Å². The van der Waals surface area contributed by atoms with Crippen LogP contribution in [-0.2, 0) is 0 Å². The van der Waals surface area contributed by atoms with Gasteiger partial charge in [-0.05, 0) is 35.2 Å². The number of nitrogens with two attached hydrogens (primary N) is 1. The summed E-state index contributed by atoms with van der Waals surface area (Å²) in [4.78, 5) is 1.08. The van der Waals surface area contributed by atoms with Crippen molar-refractivity contribution in [2.45, 2.75) is 6.04 Å². The highest BCUT2D eigenvalue weighted by atomic mass is 32.1. The Hall–Kier alpha value is -1.75. The predicted octanol–water partition coefficient (Wildman–Crippen LogP) is 3.59. The van der Waals surface area contributed by atoms with Crippen LogP contribution in [0.15, 0.2) is 54.6 Å². The molecule has 3 rings (SSSR count). The van der Waals surface area contributed by atoms with E-state index in [2.05, 4.69) is 5.43 Å². The zero-order valence-electron chi connectivity index (χ0n) is 10.1. The van der Waals surface area contributed by atoms with Crippen LogP contribution in [0.3, 0.4) is 0 Å². The van der Waals surface area contributed by atoms with Crippen LogP contribution in [0.25, 0.3) is 10.1 Å². The lowest BCUT2D eigenvalue weighted by Gasteiger charge is -2.14. The average Bonchev–Trinajstić information content (AvgIpc) is 2.83. The van der Waals surface area contributed by atoms with E-state index in [1.54, 1.807) is 23.5 Å². The van der Waals surface area contributed by atoms with Crippen LogP contribution in [0.4, 0.5) is 4.39 Å². The Morgan fingerprint density at radius 3 is 2.58 bits per heavy atom. The second kappa shape index (κ2) is 5.09. The molecule has 0 fully saturated rings. The summed E-state index contributed by atoms with van der Waals surface area (Å²) in [6, 6.07) is 16.7. The second-order valence-corrected chi connectivity index (χ2v) is 5.46. The Bertz CT molecular complexity index is 694. The Kier molecular flexibility index (Phi) is 3.29. The van der Waals surface area contributed by atoms with Crippen LogP contribution in [-0.4, -0.2) is 0 Å². The minimum Gasteiger partial charge on any atom is -0.271 e. The van der Waals surface area contributed by atoms with Gasteiger partial charge in [0, 0.05) is 9.58 Å². The molecule has 19 heavy (non-hydrogen) atoms. The molecule has 1 aromatic heterocycles. The average molecular weight is 272 g/mol. The quantitative estimate of drug-likeness (QED) is 0.565. The topological polar surface area (TPSA) is 38.0 Å². The SMILES string of the molecule is NNC(c1ccccc1)c1cc2cc(F)ccc2s1. The molecule has 4 heteroatoms. The molecule has 3 N–H and O–H groups in total. The smallest absolute Gasteiger partial charge is 0.123 e. The van der Waals surface area contributed by atoms with Gasteiger partial charge in [-0.3, -0.25) is 5.84 Å². The molecule has 0 saturated heterocycles. The lowest BCUT2D eigenvalue weighted by atomic mass is 10.1. The van der Waals surface area contributed by atoms with E-state index in [4.69, 9.17) is 5.84 Å². The van der Waals surface area contributed by atoms with E-state index in [-0.39, 0.29) is 11.9 Å². The number of nitrogens with one attached hydrogen (secondary N) is 1. The molecule has 1 heterocycles. The first kappa shape index (κ1) is 12.3. The molecule has 0 aliphatic rings. The fourth-order valence-electron chi connectivity index (χ4n) is 2.17. The lowest BCUT2D eigenvalue weighted by molar-refractivity contribution is 0.629. The Morgan fingerprint density at radius 2 is 1.84 bits per heavy atom. The summed E-state index contributed by atoms with van der Waals surface area (Å²) in [5.74, 6) is 5.46. The van der Waals surface area contributed by atoms with E-state index >= 15 is 0 Å². The third kappa shape index (κ3) is 2.38. The van der Waals surface area contributed by atoms with E-state index in [1.807, 2.05) is 36.4 Å². The standard InChI is InChI=1S/C15H13FN2S/c16-12-6-7-13-11(8-12)9-14(19-13)15(18-17)10-4-2-1-3-5-10/h1-9,15,18H,17H2. The van der Waals surface area contributed by atoms with Gasteiger partial charge in [0.2, 0.25) is 0 Å². The van der Waals surface area contributed by atoms with Crippen LogP contribution >= 0.6 is 11.3 Å². The van der Waals surface area contributed by atoms with Crippen LogP contribution in [0, 0.1) is 5.82 Å². The van der Waals surface area contributed by atoms with Gasteiger partial charge in [-0.15, -0.1) is 11.3 Å². The van der Waals surface area contributed by atoms with Crippen molar-refractivity contribution in [2.24, 2.45) is 5.84 Å². The third-order valence-electron chi connectivity index (χ3n) is 3.08. The Balaban J connectivity index is 2.07. The Labute approximate surface area is 114 Å². The Morgan fingerprint density at radius 1 is 1.05 bits per heavy atom. The first-order valence-corrected chi connectivity index (χ1v) is 6.79. The van der Waals surface area contributed by atoms with Crippen molar-refractivity contribution in [3.63, 3.8) is 0 Å². The normalized spacial score (nSPS) is 12.7.